The molecule has 1 atom stereocenters. The average Bonchev–Trinajstić information content (AvgIpc) is 2.63. The average molecular weight is 241 g/mol. The van der Waals surface area contributed by atoms with Crippen LogP contribution in [0.3, 0.4) is 0 Å². The normalized spacial score (nSPS) is 22.9. The van der Waals surface area contributed by atoms with Crippen LogP contribution in [0.4, 0.5) is 0 Å². The van der Waals surface area contributed by atoms with Crippen molar-refractivity contribution in [2.45, 2.75) is 46.2 Å². The molecule has 1 aliphatic rings. The van der Waals surface area contributed by atoms with E-state index in [0.29, 0.717) is 11.5 Å². The minimum absolute atomic E-state index is 0.367. The molecule has 0 bridgehead atoms. The van der Waals surface area contributed by atoms with Crippen molar-refractivity contribution in [1.29, 1.82) is 0 Å². The number of hydrogen-bond donors (Lipinski definition) is 1. The van der Waals surface area contributed by atoms with E-state index in [0.717, 1.165) is 12.6 Å². The Labute approximate surface area is 108 Å². The van der Waals surface area contributed by atoms with Crippen molar-refractivity contribution in [3.8, 4) is 0 Å². The van der Waals surface area contributed by atoms with E-state index in [1.165, 1.54) is 26.1 Å². The molecular weight excluding hydrogens is 210 g/mol. The summed E-state index contributed by atoms with van der Waals surface area (Å²) in [5.41, 5.74) is 0.367. The van der Waals surface area contributed by atoms with E-state index >= 15 is 0 Å². The lowest BCUT2D eigenvalue weighted by molar-refractivity contribution is 0.187. The summed E-state index contributed by atoms with van der Waals surface area (Å²) in [7, 11) is 4.39. The Morgan fingerprint density at radius 2 is 2.00 bits per heavy atom. The second-order valence-corrected chi connectivity index (χ2v) is 6.84. The number of nitrogens with zero attached hydrogens (tertiary/aromatic N) is 2. The van der Waals surface area contributed by atoms with Crippen molar-refractivity contribution < 1.29 is 0 Å². The molecule has 0 amide bonds. The zero-order valence-corrected chi connectivity index (χ0v) is 12.6. The summed E-state index contributed by atoms with van der Waals surface area (Å²) in [6.45, 7) is 14.0. The summed E-state index contributed by atoms with van der Waals surface area (Å²) in [5.74, 6) is 0. The van der Waals surface area contributed by atoms with E-state index in [-0.39, 0.29) is 0 Å². The first kappa shape index (κ1) is 14.9. The summed E-state index contributed by atoms with van der Waals surface area (Å²) >= 11 is 0. The molecule has 1 aliphatic heterocycles. The van der Waals surface area contributed by atoms with E-state index in [9.17, 15) is 0 Å². The van der Waals surface area contributed by atoms with E-state index in [2.05, 4.69) is 56.9 Å². The van der Waals surface area contributed by atoms with Crippen LogP contribution in [0.15, 0.2) is 0 Å². The van der Waals surface area contributed by atoms with Gasteiger partial charge >= 0.3 is 0 Å². The van der Waals surface area contributed by atoms with Gasteiger partial charge in [0.25, 0.3) is 0 Å². The molecule has 17 heavy (non-hydrogen) atoms. The molecule has 3 heteroatoms. The highest BCUT2D eigenvalue weighted by Gasteiger charge is 2.28. The molecule has 0 aromatic carbocycles. The maximum Gasteiger partial charge on any atom is 0.0229 e. The number of rotatable bonds is 6. The Morgan fingerprint density at radius 1 is 1.35 bits per heavy atom. The molecular formula is C14H31N3. The predicted molar refractivity (Wildman–Crippen MR) is 75.5 cm³/mol. The van der Waals surface area contributed by atoms with Crippen LogP contribution in [-0.2, 0) is 0 Å². The maximum absolute atomic E-state index is 3.56. The quantitative estimate of drug-likeness (QED) is 0.763. The van der Waals surface area contributed by atoms with Crippen molar-refractivity contribution >= 4 is 0 Å². The summed E-state index contributed by atoms with van der Waals surface area (Å²) in [6, 6.07) is 1.34. The fourth-order valence-corrected chi connectivity index (χ4v) is 2.52. The topological polar surface area (TPSA) is 18.5 Å². The zero-order valence-electron chi connectivity index (χ0n) is 12.6. The second-order valence-electron chi connectivity index (χ2n) is 6.84. The lowest BCUT2D eigenvalue weighted by atomic mass is 9.92. The Bertz CT molecular complexity index is 224. The molecule has 0 aromatic heterocycles. The molecule has 0 radical (unpaired) electrons. The molecule has 1 rings (SSSR count). The molecule has 3 nitrogen and oxygen atoms in total. The molecule has 0 aromatic rings. The molecule has 1 heterocycles. The number of likely N-dealkylation sites (N-methyl/N-ethyl adjacent to an activating group) is 1. The first-order chi connectivity index (χ1) is 7.80. The lowest BCUT2D eigenvalue weighted by Gasteiger charge is -2.31. The van der Waals surface area contributed by atoms with Crippen molar-refractivity contribution in [3.63, 3.8) is 0 Å². The molecule has 0 saturated carbocycles. The first-order valence-corrected chi connectivity index (χ1v) is 6.92. The molecule has 1 saturated heterocycles. The summed E-state index contributed by atoms with van der Waals surface area (Å²) in [4.78, 5) is 4.98. The monoisotopic (exact) mass is 241 g/mol. The Morgan fingerprint density at radius 3 is 2.47 bits per heavy atom. The summed E-state index contributed by atoms with van der Waals surface area (Å²) in [5, 5.41) is 3.56. The van der Waals surface area contributed by atoms with E-state index in [1.54, 1.807) is 0 Å². The smallest absolute Gasteiger partial charge is 0.0229 e. The Balaban J connectivity index is 2.33. The van der Waals surface area contributed by atoms with Gasteiger partial charge in [-0.2, -0.15) is 0 Å². The van der Waals surface area contributed by atoms with Crippen LogP contribution in [0.1, 0.15) is 34.1 Å². The van der Waals surface area contributed by atoms with Crippen LogP contribution in [0, 0.1) is 5.41 Å². The van der Waals surface area contributed by atoms with Crippen LogP contribution in [0.5, 0.6) is 0 Å². The van der Waals surface area contributed by atoms with Gasteiger partial charge in [-0.15, -0.1) is 0 Å². The van der Waals surface area contributed by atoms with E-state index in [1.807, 2.05) is 0 Å². The number of likely N-dealkylation sites (tertiary alicyclic amines) is 1. The van der Waals surface area contributed by atoms with Gasteiger partial charge in [0, 0.05) is 31.7 Å². The van der Waals surface area contributed by atoms with Gasteiger partial charge in [-0.05, 0) is 32.5 Å². The van der Waals surface area contributed by atoms with Crippen LogP contribution in [-0.4, -0.2) is 62.2 Å². The molecule has 1 N–H and O–H groups in total. The third-order valence-corrected chi connectivity index (χ3v) is 3.62. The minimum atomic E-state index is 0.367. The van der Waals surface area contributed by atoms with Crippen LogP contribution < -0.4 is 5.32 Å². The number of nitrogens with one attached hydrogen (secondary N) is 1. The van der Waals surface area contributed by atoms with Gasteiger partial charge in [0.2, 0.25) is 0 Å². The van der Waals surface area contributed by atoms with Gasteiger partial charge in [-0.1, -0.05) is 27.7 Å². The Kier molecular flexibility index (Phi) is 5.42. The highest BCUT2D eigenvalue weighted by Crippen LogP contribution is 2.21. The Hall–Kier alpha value is -0.120. The molecule has 1 unspecified atom stereocenters. The molecule has 0 aliphatic carbocycles. The lowest BCUT2D eigenvalue weighted by Crippen LogP contribution is -2.42. The van der Waals surface area contributed by atoms with Gasteiger partial charge in [0.15, 0.2) is 0 Å². The SMILES string of the molecule is CC(C)NCC(C)(C)CN1CCC(N(C)C)C1. The molecule has 0 spiro atoms. The van der Waals surface area contributed by atoms with Gasteiger partial charge < -0.3 is 15.1 Å². The highest BCUT2D eigenvalue weighted by molar-refractivity contribution is 4.85. The number of hydrogen-bond acceptors (Lipinski definition) is 3. The third-order valence-electron chi connectivity index (χ3n) is 3.62. The van der Waals surface area contributed by atoms with Crippen molar-refractivity contribution in [2.75, 3.05) is 40.3 Å². The summed E-state index contributed by atoms with van der Waals surface area (Å²) in [6.07, 6.45) is 1.32. The van der Waals surface area contributed by atoms with Crippen molar-refractivity contribution in [2.24, 2.45) is 5.41 Å². The van der Waals surface area contributed by atoms with Crippen molar-refractivity contribution in [3.05, 3.63) is 0 Å². The van der Waals surface area contributed by atoms with Gasteiger partial charge in [0.05, 0.1) is 0 Å². The highest BCUT2D eigenvalue weighted by atomic mass is 15.2. The van der Waals surface area contributed by atoms with Gasteiger partial charge in [0.1, 0.15) is 0 Å². The van der Waals surface area contributed by atoms with Crippen LogP contribution in [0.2, 0.25) is 0 Å². The minimum Gasteiger partial charge on any atom is -0.314 e. The van der Waals surface area contributed by atoms with Gasteiger partial charge in [-0.3, -0.25) is 0 Å². The predicted octanol–water partition coefficient (Wildman–Crippen LogP) is 1.65. The zero-order chi connectivity index (χ0) is 13.1. The molecule has 1 fully saturated rings. The fourth-order valence-electron chi connectivity index (χ4n) is 2.52. The van der Waals surface area contributed by atoms with Crippen LogP contribution in [0.25, 0.3) is 0 Å². The largest absolute Gasteiger partial charge is 0.314 e. The van der Waals surface area contributed by atoms with Crippen molar-refractivity contribution in [1.82, 2.24) is 15.1 Å². The third kappa shape index (κ3) is 5.36. The molecule has 102 valence electrons. The fraction of sp³-hybridized carbons (Fsp3) is 1.00. The maximum atomic E-state index is 3.56. The van der Waals surface area contributed by atoms with Gasteiger partial charge in [-0.25, -0.2) is 0 Å². The van der Waals surface area contributed by atoms with Crippen LogP contribution >= 0.6 is 0 Å². The van der Waals surface area contributed by atoms with E-state index in [4.69, 9.17) is 0 Å². The second kappa shape index (κ2) is 6.17. The standard InChI is InChI=1S/C14H31N3/c1-12(2)15-10-14(3,4)11-17-8-7-13(9-17)16(5)6/h12-13,15H,7-11H2,1-6H3. The first-order valence-electron chi connectivity index (χ1n) is 6.92. The van der Waals surface area contributed by atoms with E-state index < -0.39 is 0 Å². The summed E-state index contributed by atoms with van der Waals surface area (Å²) < 4.78 is 0.